The zero-order valence-corrected chi connectivity index (χ0v) is 41.1. The van der Waals surface area contributed by atoms with Gasteiger partial charge in [0.2, 0.25) is 5.91 Å². The maximum atomic E-state index is 13.8. The number of nitriles is 1. The molecule has 3 aromatic heterocycles. The fourth-order valence-electron chi connectivity index (χ4n) is 10.6. The Morgan fingerprint density at radius 3 is 2.38 bits per heavy atom. The number of rotatable bonds is 10. The van der Waals surface area contributed by atoms with E-state index in [1.54, 1.807) is 64.9 Å². The van der Waals surface area contributed by atoms with Crippen LogP contribution in [0.1, 0.15) is 90.2 Å². The van der Waals surface area contributed by atoms with E-state index in [0.29, 0.717) is 103 Å². The molecular formula is C52H55ClN10O9. The number of amides is 3. The molecule has 19 nitrogen and oxygen atoms in total. The molecule has 1 saturated carbocycles. The number of nitrogens with zero attached hydrogens (tertiary/aromatic N) is 9. The number of pyridine rings is 2. The normalized spacial score (nSPS) is 20.8. The molecule has 0 bridgehead atoms. The van der Waals surface area contributed by atoms with Crippen LogP contribution in [0.3, 0.4) is 0 Å². The molecular weight excluding hydrogens is 944 g/mol. The predicted molar refractivity (Wildman–Crippen MR) is 263 cm³/mol. The van der Waals surface area contributed by atoms with Gasteiger partial charge in [-0.15, -0.1) is 10.2 Å². The summed E-state index contributed by atoms with van der Waals surface area (Å²) in [5.41, 5.74) is 2.11. The van der Waals surface area contributed by atoms with Crippen molar-refractivity contribution >= 4 is 52.2 Å². The molecule has 7 heterocycles. The number of cyclic esters (lactones) is 1. The Morgan fingerprint density at radius 1 is 0.944 bits per heavy atom. The van der Waals surface area contributed by atoms with Crippen LogP contribution >= 0.6 is 11.6 Å². The number of hydrogen-bond donors (Lipinski definition) is 2. The standard InChI is InChI=1S/C52H55ClN10O9/c1-4-52(69)39-25-43-46-32(27-63(43)49(66)38(39)29-70-50(52)67)23-36-37(28-59(2)3)44(13-11-41(36)56-46)72-51(68)62-21-19-61(20-22-62)48(65)30-15-17-60(18-16-30)45-14-12-42(57-58-45)47(64)55-33-6-9-34(10-7-33)71-35-8-5-31(26-54)40(53)24-35/h5,8,11-14,23-25,30,33-34,69H,4,6-7,9-10,15-22,27-29H2,1-3H3,(H,55,64)/t33-,34-,52-/m0/s1. The molecule has 2 aromatic carbocycles. The lowest BCUT2D eigenvalue weighted by atomic mass is 9.86. The van der Waals surface area contributed by atoms with Gasteiger partial charge in [0.1, 0.15) is 24.2 Å². The number of anilines is 1. The van der Waals surface area contributed by atoms with Crippen molar-refractivity contribution in [2.75, 3.05) is 58.3 Å². The lowest BCUT2D eigenvalue weighted by Gasteiger charge is -2.38. The lowest BCUT2D eigenvalue weighted by molar-refractivity contribution is -0.172. The van der Waals surface area contributed by atoms with Crippen molar-refractivity contribution in [1.82, 2.24) is 39.8 Å². The van der Waals surface area contributed by atoms with Crippen molar-refractivity contribution in [2.45, 2.75) is 89.3 Å². The average Bonchev–Trinajstić information content (AvgIpc) is 3.75. The predicted octanol–water partition coefficient (Wildman–Crippen LogP) is 5.14. The Kier molecular flexibility index (Phi) is 13.3. The van der Waals surface area contributed by atoms with Gasteiger partial charge in [0.15, 0.2) is 17.1 Å². The first-order valence-electron chi connectivity index (χ1n) is 24.5. The molecule has 1 atom stereocenters. The minimum atomic E-state index is -1.93. The maximum absolute atomic E-state index is 13.8. The number of aliphatic hydroxyl groups is 1. The topological polar surface area (TPSA) is 226 Å². The van der Waals surface area contributed by atoms with Crippen LogP contribution in [0.2, 0.25) is 5.02 Å². The Morgan fingerprint density at radius 2 is 1.69 bits per heavy atom. The lowest BCUT2D eigenvalue weighted by Crippen LogP contribution is -2.53. The van der Waals surface area contributed by atoms with Crippen molar-refractivity contribution < 1.29 is 38.5 Å². The number of halogens is 1. The van der Waals surface area contributed by atoms with Gasteiger partial charge in [-0.25, -0.2) is 14.6 Å². The summed E-state index contributed by atoms with van der Waals surface area (Å²) in [6.07, 6.45) is 3.79. The van der Waals surface area contributed by atoms with Crippen LogP contribution in [0.4, 0.5) is 10.6 Å². The number of carbonyl (C=O) groups is 4. The molecule has 0 unspecified atom stereocenters. The molecule has 5 aromatic rings. The quantitative estimate of drug-likeness (QED) is 0.170. The van der Waals surface area contributed by atoms with E-state index >= 15 is 0 Å². The van der Waals surface area contributed by atoms with E-state index in [1.807, 2.05) is 36.0 Å². The molecule has 2 saturated heterocycles. The van der Waals surface area contributed by atoms with Gasteiger partial charge < -0.3 is 48.8 Å². The molecule has 72 heavy (non-hydrogen) atoms. The third kappa shape index (κ3) is 9.30. The van der Waals surface area contributed by atoms with Gasteiger partial charge in [0.05, 0.1) is 45.7 Å². The summed E-state index contributed by atoms with van der Waals surface area (Å²) in [4.78, 5) is 79.5. The number of nitrogens with one attached hydrogen (secondary N) is 1. The van der Waals surface area contributed by atoms with Crippen molar-refractivity contribution in [1.29, 1.82) is 5.26 Å². The number of hydrogen-bond acceptors (Lipinski definition) is 15. The van der Waals surface area contributed by atoms with Crippen LogP contribution in [0.15, 0.2) is 59.4 Å². The zero-order chi connectivity index (χ0) is 50.4. The number of carbonyl (C=O) groups excluding carboxylic acids is 4. The van der Waals surface area contributed by atoms with Crippen LogP contribution in [0.5, 0.6) is 11.5 Å². The first-order valence-corrected chi connectivity index (χ1v) is 24.9. The van der Waals surface area contributed by atoms with Gasteiger partial charge >= 0.3 is 12.1 Å². The van der Waals surface area contributed by atoms with E-state index < -0.39 is 17.7 Å². The number of ether oxygens (including phenoxy) is 3. The smallest absolute Gasteiger partial charge is 0.415 e. The Labute approximate surface area is 420 Å². The number of aromatic nitrogens is 4. The first-order chi connectivity index (χ1) is 34.7. The number of piperidine rings is 1. The number of fused-ring (bicyclic) bond motifs is 5. The third-order valence-corrected chi connectivity index (χ3v) is 15.0. The molecule has 0 radical (unpaired) electrons. The molecule has 4 aliphatic heterocycles. The molecule has 3 fully saturated rings. The molecule has 3 amide bonds. The second kappa shape index (κ2) is 19.8. The summed E-state index contributed by atoms with van der Waals surface area (Å²) in [7, 11) is 3.84. The average molecular weight is 1000 g/mol. The highest BCUT2D eigenvalue weighted by molar-refractivity contribution is 6.31. The molecule has 2 N–H and O–H groups in total. The van der Waals surface area contributed by atoms with Gasteiger partial charge in [0.25, 0.3) is 11.5 Å². The summed E-state index contributed by atoms with van der Waals surface area (Å²) in [6.45, 7) is 4.72. The van der Waals surface area contributed by atoms with Crippen molar-refractivity contribution in [3.63, 3.8) is 0 Å². The highest BCUT2D eigenvalue weighted by Gasteiger charge is 2.45. The van der Waals surface area contributed by atoms with Crippen LogP contribution in [-0.4, -0.2) is 129 Å². The van der Waals surface area contributed by atoms with Crippen molar-refractivity contribution in [3.05, 3.63) is 103 Å². The summed E-state index contributed by atoms with van der Waals surface area (Å²) in [5, 5.41) is 33.2. The number of piperazine rings is 1. The second-order valence-corrected chi connectivity index (χ2v) is 19.9. The van der Waals surface area contributed by atoms with E-state index in [4.69, 9.17) is 36.1 Å². The number of benzene rings is 2. The SMILES string of the molecule is CC[C@@]1(O)C(=O)OCc2c1cc1n(c2=O)Cc2cc3c(CN(C)C)c(OC(=O)N4CCN(C(=O)C5CCN(c6ccc(C(=O)N[C@H]7CC[C@H](Oc8ccc(C#N)c(Cl)c8)CC7)nn6)CC5)CC4)ccc3nc2-1. The van der Waals surface area contributed by atoms with E-state index in [1.165, 1.54) is 0 Å². The number of esters is 1. The van der Waals surface area contributed by atoms with Gasteiger partial charge in [-0.05, 0) is 108 Å². The van der Waals surface area contributed by atoms with E-state index in [-0.39, 0.29) is 71.8 Å². The molecule has 20 heteroatoms. The van der Waals surface area contributed by atoms with Gasteiger partial charge in [-0.2, -0.15) is 5.26 Å². The first kappa shape index (κ1) is 48.5. The molecule has 374 valence electrons. The summed E-state index contributed by atoms with van der Waals surface area (Å²) < 4.78 is 19.0. The fraction of sp³-hybridized carbons (Fsp3) is 0.442. The maximum Gasteiger partial charge on any atom is 0.415 e. The largest absolute Gasteiger partial charge is 0.490 e. The van der Waals surface area contributed by atoms with E-state index in [9.17, 15) is 29.1 Å². The molecule has 5 aliphatic rings. The van der Waals surface area contributed by atoms with Gasteiger partial charge in [0, 0.05) is 85.9 Å². The third-order valence-electron chi connectivity index (χ3n) is 14.7. The monoisotopic (exact) mass is 998 g/mol. The van der Waals surface area contributed by atoms with Crippen LogP contribution < -0.4 is 25.2 Å². The van der Waals surface area contributed by atoms with Crippen LogP contribution in [0.25, 0.3) is 22.3 Å². The Bertz CT molecular complexity index is 3080. The highest BCUT2D eigenvalue weighted by atomic mass is 35.5. The second-order valence-electron chi connectivity index (χ2n) is 19.5. The highest BCUT2D eigenvalue weighted by Crippen LogP contribution is 2.40. The summed E-state index contributed by atoms with van der Waals surface area (Å²) in [5.74, 6) is 0.485. The van der Waals surface area contributed by atoms with Crippen LogP contribution in [-0.2, 0) is 39.6 Å². The van der Waals surface area contributed by atoms with Gasteiger partial charge in [-0.3, -0.25) is 14.4 Å². The molecule has 1 aliphatic carbocycles. The van der Waals surface area contributed by atoms with Crippen LogP contribution in [0, 0.1) is 17.2 Å². The zero-order valence-electron chi connectivity index (χ0n) is 40.4. The Hall–Kier alpha value is -7.14. The summed E-state index contributed by atoms with van der Waals surface area (Å²) >= 11 is 6.16. The van der Waals surface area contributed by atoms with E-state index in [2.05, 4.69) is 20.4 Å². The van der Waals surface area contributed by atoms with Gasteiger partial charge in [-0.1, -0.05) is 18.5 Å². The van der Waals surface area contributed by atoms with Crippen molar-refractivity contribution in [2.24, 2.45) is 5.92 Å². The molecule has 10 rings (SSSR count). The molecule has 0 spiro atoms. The van der Waals surface area contributed by atoms with E-state index in [0.717, 1.165) is 42.2 Å². The minimum absolute atomic E-state index is 0.0133. The van der Waals surface area contributed by atoms with Crippen molar-refractivity contribution in [3.8, 4) is 29.0 Å². The minimum Gasteiger partial charge on any atom is -0.490 e. The fourth-order valence-corrected chi connectivity index (χ4v) is 10.8. The summed E-state index contributed by atoms with van der Waals surface area (Å²) in [6, 6.07) is 17.7. The Balaban J connectivity index is 0.706.